The van der Waals surface area contributed by atoms with Crippen LogP contribution in [-0.2, 0) is 13.6 Å². The van der Waals surface area contributed by atoms with Crippen LogP contribution < -0.4 is 10.2 Å². The number of nitrogens with zero attached hydrogens (tertiary/aromatic N) is 5. The summed E-state index contributed by atoms with van der Waals surface area (Å²) >= 11 is 0. The first kappa shape index (κ1) is 13.5. The standard InChI is InChI=1S/C13H20N6/c1-18(12-7-4-3-5-8-12)10-6-9-14-11-13-15-17-19(2)16-13/h3-5,7-8,14H,6,9-11H2,1-2H3. The number of hydrogen-bond donors (Lipinski definition) is 1. The molecule has 6 nitrogen and oxygen atoms in total. The van der Waals surface area contributed by atoms with Crippen molar-refractivity contribution in [1.29, 1.82) is 0 Å². The number of nitrogens with one attached hydrogen (secondary N) is 1. The number of para-hydroxylation sites is 1. The topological polar surface area (TPSA) is 58.9 Å². The minimum atomic E-state index is 0.670. The van der Waals surface area contributed by atoms with Gasteiger partial charge in [-0.05, 0) is 30.3 Å². The Morgan fingerprint density at radius 2 is 2.05 bits per heavy atom. The van der Waals surface area contributed by atoms with Crippen LogP contribution in [0.2, 0.25) is 0 Å². The van der Waals surface area contributed by atoms with Crippen LogP contribution >= 0.6 is 0 Å². The molecule has 2 rings (SSSR count). The zero-order valence-corrected chi connectivity index (χ0v) is 11.5. The van der Waals surface area contributed by atoms with Crippen LogP contribution in [0.25, 0.3) is 0 Å². The van der Waals surface area contributed by atoms with Crippen LogP contribution in [0.3, 0.4) is 0 Å². The van der Waals surface area contributed by atoms with Gasteiger partial charge in [-0.2, -0.15) is 4.80 Å². The third-order valence-electron chi connectivity index (χ3n) is 2.88. The van der Waals surface area contributed by atoms with Gasteiger partial charge in [0.2, 0.25) is 0 Å². The molecule has 0 amide bonds. The summed E-state index contributed by atoms with van der Waals surface area (Å²) in [4.78, 5) is 3.72. The summed E-state index contributed by atoms with van der Waals surface area (Å²) in [6, 6.07) is 10.4. The Balaban J connectivity index is 1.62. The molecule has 6 heteroatoms. The summed E-state index contributed by atoms with van der Waals surface area (Å²) in [6.07, 6.45) is 1.08. The van der Waals surface area contributed by atoms with E-state index in [2.05, 4.69) is 56.9 Å². The molecule has 0 aliphatic heterocycles. The lowest BCUT2D eigenvalue weighted by molar-refractivity contribution is 0.610. The first-order valence-electron chi connectivity index (χ1n) is 6.45. The molecule has 2 aromatic rings. The SMILES string of the molecule is CN(CCCNCc1nnn(C)n1)c1ccccc1. The molecule has 0 atom stereocenters. The van der Waals surface area contributed by atoms with Crippen LogP contribution in [0.4, 0.5) is 5.69 Å². The fourth-order valence-electron chi connectivity index (χ4n) is 1.85. The van der Waals surface area contributed by atoms with Gasteiger partial charge in [-0.15, -0.1) is 10.2 Å². The highest BCUT2D eigenvalue weighted by molar-refractivity contribution is 5.44. The van der Waals surface area contributed by atoms with Crippen molar-refractivity contribution in [2.45, 2.75) is 13.0 Å². The Hall–Kier alpha value is -1.95. The van der Waals surface area contributed by atoms with Crippen molar-refractivity contribution < 1.29 is 0 Å². The van der Waals surface area contributed by atoms with Gasteiger partial charge in [0.15, 0.2) is 5.82 Å². The molecule has 1 heterocycles. The van der Waals surface area contributed by atoms with Crippen molar-refractivity contribution in [2.24, 2.45) is 7.05 Å². The third-order valence-corrected chi connectivity index (χ3v) is 2.88. The average molecular weight is 260 g/mol. The fourth-order valence-corrected chi connectivity index (χ4v) is 1.85. The van der Waals surface area contributed by atoms with E-state index >= 15 is 0 Å². The number of anilines is 1. The molecule has 0 aliphatic rings. The molecule has 0 unspecified atom stereocenters. The van der Waals surface area contributed by atoms with E-state index in [1.165, 1.54) is 10.5 Å². The van der Waals surface area contributed by atoms with E-state index in [-0.39, 0.29) is 0 Å². The largest absolute Gasteiger partial charge is 0.375 e. The van der Waals surface area contributed by atoms with Gasteiger partial charge in [-0.25, -0.2) is 0 Å². The lowest BCUT2D eigenvalue weighted by Crippen LogP contribution is -2.23. The summed E-state index contributed by atoms with van der Waals surface area (Å²) < 4.78 is 0. The van der Waals surface area contributed by atoms with E-state index in [9.17, 15) is 0 Å². The number of tetrazole rings is 1. The molecule has 102 valence electrons. The Morgan fingerprint density at radius 1 is 1.26 bits per heavy atom. The zero-order chi connectivity index (χ0) is 13.5. The van der Waals surface area contributed by atoms with Crippen molar-refractivity contribution in [1.82, 2.24) is 25.5 Å². The summed E-state index contributed by atoms with van der Waals surface area (Å²) in [5, 5.41) is 15.1. The molecule has 0 radical (unpaired) electrons. The Kier molecular flexibility index (Phi) is 4.85. The predicted molar refractivity (Wildman–Crippen MR) is 74.8 cm³/mol. The zero-order valence-electron chi connectivity index (χ0n) is 11.5. The van der Waals surface area contributed by atoms with Crippen LogP contribution in [0, 0.1) is 0 Å². The number of benzene rings is 1. The van der Waals surface area contributed by atoms with Gasteiger partial charge in [0.1, 0.15) is 0 Å². The van der Waals surface area contributed by atoms with E-state index < -0.39 is 0 Å². The van der Waals surface area contributed by atoms with E-state index in [1.807, 2.05) is 6.07 Å². The van der Waals surface area contributed by atoms with E-state index in [4.69, 9.17) is 0 Å². The first-order chi connectivity index (χ1) is 9.25. The van der Waals surface area contributed by atoms with E-state index in [1.54, 1.807) is 7.05 Å². The van der Waals surface area contributed by atoms with Gasteiger partial charge >= 0.3 is 0 Å². The van der Waals surface area contributed by atoms with E-state index in [0.29, 0.717) is 6.54 Å². The summed E-state index contributed by atoms with van der Waals surface area (Å²) in [7, 11) is 3.88. The Labute approximate surface area is 113 Å². The second-order valence-corrected chi connectivity index (χ2v) is 4.48. The molecule has 0 saturated carbocycles. The van der Waals surface area contributed by atoms with Gasteiger partial charge in [0, 0.05) is 19.3 Å². The maximum absolute atomic E-state index is 4.11. The second-order valence-electron chi connectivity index (χ2n) is 4.48. The van der Waals surface area contributed by atoms with Crippen LogP contribution in [0.5, 0.6) is 0 Å². The lowest BCUT2D eigenvalue weighted by atomic mass is 10.3. The van der Waals surface area contributed by atoms with Crippen LogP contribution in [-0.4, -0.2) is 40.3 Å². The third kappa shape index (κ3) is 4.33. The smallest absolute Gasteiger partial charge is 0.188 e. The highest BCUT2D eigenvalue weighted by Gasteiger charge is 2.01. The van der Waals surface area contributed by atoms with Crippen LogP contribution in [0.1, 0.15) is 12.2 Å². The molecule has 0 aliphatic carbocycles. The van der Waals surface area contributed by atoms with Crippen molar-refractivity contribution >= 4 is 5.69 Å². The van der Waals surface area contributed by atoms with Gasteiger partial charge in [0.05, 0.1) is 13.6 Å². The lowest BCUT2D eigenvalue weighted by Gasteiger charge is -2.19. The first-order valence-corrected chi connectivity index (χ1v) is 6.45. The maximum atomic E-state index is 4.11. The minimum absolute atomic E-state index is 0.670. The number of aryl methyl sites for hydroxylation is 1. The Bertz CT molecular complexity index is 481. The van der Waals surface area contributed by atoms with Crippen molar-refractivity contribution in [3.63, 3.8) is 0 Å². The average Bonchev–Trinajstić information content (AvgIpc) is 2.85. The Morgan fingerprint density at radius 3 is 2.74 bits per heavy atom. The highest BCUT2D eigenvalue weighted by atomic mass is 15.6. The summed E-state index contributed by atoms with van der Waals surface area (Å²) in [5.41, 5.74) is 1.25. The van der Waals surface area contributed by atoms with E-state index in [0.717, 1.165) is 25.3 Å². The molecule has 1 N–H and O–H groups in total. The number of rotatable bonds is 7. The fraction of sp³-hybridized carbons (Fsp3) is 0.462. The molecule has 0 fully saturated rings. The van der Waals surface area contributed by atoms with Gasteiger partial charge in [-0.3, -0.25) is 0 Å². The van der Waals surface area contributed by atoms with Crippen molar-refractivity contribution in [3.05, 3.63) is 36.2 Å². The van der Waals surface area contributed by atoms with Gasteiger partial charge < -0.3 is 10.2 Å². The molecule has 1 aromatic carbocycles. The predicted octanol–water partition coefficient (Wildman–Crippen LogP) is 0.826. The monoisotopic (exact) mass is 260 g/mol. The van der Waals surface area contributed by atoms with Gasteiger partial charge in [-0.1, -0.05) is 18.2 Å². The van der Waals surface area contributed by atoms with Gasteiger partial charge in [0.25, 0.3) is 0 Å². The maximum Gasteiger partial charge on any atom is 0.188 e. The molecule has 19 heavy (non-hydrogen) atoms. The number of aromatic nitrogens is 4. The molecule has 1 aromatic heterocycles. The molecular formula is C13H20N6. The van der Waals surface area contributed by atoms with Crippen molar-refractivity contribution in [3.8, 4) is 0 Å². The normalized spacial score (nSPS) is 10.6. The molecule has 0 spiro atoms. The molecule has 0 saturated heterocycles. The second kappa shape index (κ2) is 6.84. The van der Waals surface area contributed by atoms with Crippen molar-refractivity contribution in [2.75, 3.05) is 25.0 Å². The summed E-state index contributed by atoms with van der Waals surface area (Å²) in [6.45, 7) is 2.63. The quantitative estimate of drug-likeness (QED) is 0.747. The number of hydrogen-bond acceptors (Lipinski definition) is 5. The minimum Gasteiger partial charge on any atom is -0.375 e. The van der Waals surface area contributed by atoms with Crippen LogP contribution in [0.15, 0.2) is 30.3 Å². The summed E-state index contributed by atoms with van der Waals surface area (Å²) in [5.74, 6) is 0.735. The molecule has 0 bridgehead atoms. The molecular weight excluding hydrogens is 240 g/mol. The highest BCUT2D eigenvalue weighted by Crippen LogP contribution is 2.10.